The molecule has 3 amide bonds. The third kappa shape index (κ3) is 24.8. The van der Waals surface area contributed by atoms with Crippen LogP contribution in [0.3, 0.4) is 0 Å². The molecular weight excluding hydrogens is 546 g/mol. The molecule has 0 fully saturated rings. The minimum absolute atomic E-state index is 0.165. The van der Waals surface area contributed by atoms with E-state index in [1.807, 2.05) is 0 Å². The van der Waals surface area contributed by atoms with Crippen molar-refractivity contribution in [3.8, 4) is 0 Å². The van der Waals surface area contributed by atoms with Crippen molar-refractivity contribution in [2.75, 3.05) is 13.1 Å². The zero-order valence-corrected chi connectivity index (χ0v) is 29.7. The summed E-state index contributed by atoms with van der Waals surface area (Å²) in [5.41, 5.74) is 5.77. The van der Waals surface area contributed by atoms with E-state index in [-0.39, 0.29) is 17.7 Å². The minimum atomic E-state index is -0.723. The van der Waals surface area contributed by atoms with Crippen LogP contribution in [0.1, 0.15) is 207 Å². The van der Waals surface area contributed by atoms with Crippen LogP contribution in [-0.4, -0.2) is 41.8 Å². The van der Waals surface area contributed by atoms with Crippen LogP contribution >= 0.6 is 0 Å². The van der Waals surface area contributed by atoms with Crippen molar-refractivity contribution >= 4 is 17.7 Å². The molecule has 6 heteroatoms. The number of imide groups is 1. The third-order valence-electron chi connectivity index (χ3n) is 8.90. The fourth-order valence-corrected chi connectivity index (χ4v) is 6.00. The molecule has 3 N–H and O–H groups in total. The second kappa shape index (κ2) is 32.9. The van der Waals surface area contributed by atoms with E-state index < -0.39 is 6.04 Å². The number of amides is 3. The van der Waals surface area contributed by atoms with Crippen LogP contribution in [0.2, 0.25) is 0 Å². The average Bonchev–Trinajstić information content (AvgIpc) is 3.02. The number of nitrogens with two attached hydrogens (primary N) is 1. The Balaban J connectivity index is 5.11. The maximum atomic E-state index is 13.6. The highest BCUT2D eigenvalue weighted by molar-refractivity contribution is 6.00. The van der Waals surface area contributed by atoms with E-state index in [2.05, 4.69) is 26.1 Å². The predicted molar refractivity (Wildman–Crippen MR) is 189 cm³/mol. The molecule has 1 atom stereocenters. The second-order valence-electron chi connectivity index (χ2n) is 13.2. The first-order valence-corrected chi connectivity index (χ1v) is 19.4. The summed E-state index contributed by atoms with van der Waals surface area (Å²) in [6.07, 6.45) is 30.8. The molecule has 0 saturated carbocycles. The number of nitrogens with zero attached hydrogens (tertiary/aromatic N) is 1. The van der Waals surface area contributed by atoms with Crippen molar-refractivity contribution < 1.29 is 14.4 Å². The number of carbonyl (C=O) groups is 3. The summed E-state index contributed by atoms with van der Waals surface area (Å²) in [6.45, 7) is 7.84. The molecule has 6 nitrogen and oxygen atoms in total. The van der Waals surface area contributed by atoms with Gasteiger partial charge >= 0.3 is 0 Å². The molecule has 0 aromatic heterocycles. The lowest BCUT2D eigenvalue weighted by molar-refractivity contribution is -0.152. The van der Waals surface area contributed by atoms with Gasteiger partial charge in [-0.1, -0.05) is 156 Å². The SMILES string of the molecule is CCCCCCCCCCCC(=O)N(C(=O)CCCCCCCCCCC)[C@@H](CCCCN)C(=O)NCCCCCCCC. The predicted octanol–water partition coefficient (Wildman–Crippen LogP) is 10.2. The summed E-state index contributed by atoms with van der Waals surface area (Å²) in [6, 6.07) is -0.723. The molecule has 0 bridgehead atoms. The van der Waals surface area contributed by atoms with E-state index in [1.165, 1.54) is 108 Å². The summed E-state index contributed by atoms with van der Waals surface area (Å²) >= 11 is 0. The first kappa shape index (κ1) is 42.6. The molecule has 0 radical (unpaired) electrons. The summed E-state index contributed by atoms with van der Waals surface area (Å²) in [5, 5.41) is 3.08. The normalized spacial score (nSPS) is 11.9. The fourth-order valence-electron chi connectivity index (χ4n) is 6.00. The van der Waals surface area contributed by atoms with Crippen LogP contribution in [0.5, 0.6) is 0 Å². The number of hydrogen-bond acceptors (Lipinski definition) is 4. The van der Waals surface area contributed by atoms with E-state index in [0.29, 0.717) is 32.4 Å². The lowest BCUT2D eigenvalue weighted by Crippen LogP contribution is -2.52. The fraction of sp³-hybridized carbons (Fsp3) is 0.921. The zero-order chi connectivity index (χ0) is 32.5. The van der Waals surface area contributed by atoms with Gasteiger partial charge in [0.2, 0.25) is 17.7 Å². The molecule has 0 rings (SSSR count). The Labute approximate surface area is 273 Å². The summed E-state index contributed by atoms with van der Waals surface area (Å²) in [5.74, 6) is -0.501. The Morgan fingerprint density at radius 3 is 1.25 bits per heavy atom. The van der Waals surface area contributed by atoms with Crippen LogP contribution < -0.4 is 11.1 Å². The van der Waals surface area contributed by atoms with Crippen LogP contribution in [0.4, 0.5) is 0 Å². The van der Waals surface area contributed by atoms with Gasteiger partial charge in [0.05, 0.1) is 0 Å². The monoisotopic (exact) mass is 622 g/mol. The maximum absolute atomic E-state index is 13.6. The lowest BCUT2D eigenvalue weighted by Gasteiger charge is -2.30. The Morgan fingerprint density at radius 1 is 0.500 bits per heavy atom. The van der Waals surface area contributed by atoms with Gasteiger partial charge in [0.1, 0.15) is 6.04 Å². The van der Waals surface area contributed by atoms with E-state index in [1.54, 1.807) is 0 Å². The highest BCUT2D eigenvalue weighted by Crippen LogP contribution is 2.18. The standard InChI is InChI=1S/C38H75N3O3/c1-4-7-10-13-16-18-20-22-25-31-36(42)41(37(43)32-26-23-21-19-17-14-11-8-5-2)35(30-27-28-33-39)38(44)40-34-29-24-15-12-9-6-3/h35H,4-34,39H2,1-3H3,(H,40,44)/t35-/m0/s1. The molecule has 0 aliphatic heterocycles. The van der Waals surface area contributed by atoms with Gasteiger partial charge in [-0.3, -0.25) is 19.3 Å². The van der Waals surface area contributed by atoms with Gasteiger partial charge in [0.15, 0.2) is 0 Å². The summed E-state index contributed by atoms with van der Waals surface area (Å²) < 4.78 is 0. The van der Waals surface area contributed by atoms with Crippen molar-refractivity contribution in [2.24, 2.45) is 5.73 Å². The van der Waals surface area contributed by atoms with Crippen LogP contribution in [0.25, 0.3) is 0 Å². The van der Waals surface area contributed by atoms with Gasteiger partial charge in [-0.25, -0.2) is 0 Å². The molecule has 0 saturated heterocycles. The van der Waals surface area contributed by atoms with Crippen molar-refractivity contribution in [1.82, 2.24) is 10.2 Å². The molecule has 0 unspecified atom stereocenters. The van der Waals surface area contributed by atoms with Crippen molar-refractivity contribution in [3.63, 3.8) is 0 Å². The number of unbranched alkanes of at least 4 members (excludes halogenated alkanes) is 22. The first-order chi connectivity index (χ1) is 21.5. The maximum Gasteiger partial charge on any atom is 0.243 e. The van der Waals surface area contributed by atoms with Gasteiger partial charge in [-0.15, -0.1) is 0 Å². The molecule has 0 aromatic carbocycles. The molecule has 44 heavy (non-hydrogen) atoms. The number of rotatable bonds is 33. The van der Waals surface area contributed by atoms with Gasteiger partial charge in [0, 0.05) is 19.4 Å². The van der Waals surface area contributed by atoms with E-state index in [0.717, 1.165) is 64.2 Å². The van der Waals surface area contributed by atoms with E-state index in [9.17, 15) is 14.4 Å². The van der Waals surface area contributed by atoms with Crippen LogP contribution in [-0.2, 0) is 14.4 Å². The molecule has 0 aromatic rings. The van der Waals surface area contributed by atoms with Crippen molar-refractivity contribution in [2.45, 2.75) is 213 Å². The molecule has 0 aliphatic carbocycles. The van der Waals surface area contributed by atoms with E-state index in [4.69, 9.17) is 5.73 Å². The topological polar surface area (TPSA) is 92.5 Å². The second-order valence-corrected chi connectivity index (χ2v) is 13.2. The number of nitrogens with one attached hydrogen (secondary N) is 1. The Hall–Kier alpha value is -1.43. The van der Waals surface area contributed by atoms with E-state index >= 15 is 0 Å². The quantitative estimate of drug-likeness (QED) is 0.0713. The Morgan fingerprint density at radius 2 is 0.864 bits per heavy atom. The molecule has 0 aliphatic rings. The molecule has 0 spiro atoms. The summed E-state index contributed by atoms with van der Waals surface area (Å²) in [7, 11) is 0. The number of carbonyl (C=O) groups excluding carboxylic acids is 3. The molecule has 0 heterocycles. The summed E-state index contributed by atoms with van der Waals surface area (Å²) in [4.78, 5) is 42.1. The highest BCUT2D eigenvalue weighted by Gasteiger charge is 2.33. The average molecular weight is 622 g/mol. The molecular formula is C38H75N3O3. The third-order valence-corrected chi connectivity index (χ3v) is 8.90. The van der Waals surface area contributed by atoms with Crippen molar-refractivity contribution in [1.29, 1.82) is 0 Å². The van der Waals surface area contributed by atoms with Crippen LogP contribution in [0, 0.1) is 0 Å². The van der Waals surface area contributed by atoms with Crippen molar-refractivity contribution in [3.05, 3.63) is 0 Å². The zero-order valence-electron chi connectivity index (χ0n) is 29.7. The lowest BCUT2D eigenvalue weighted by atomic mass is 10.0. The Kier molecular flexibility index (Phi) is 31.9. The van der Waals surface area contributed by atoms with Gasteiger partial charge in [-0.2, -0.15) is 0 Å². The van der Waals surface area contributed by atoms with Gasteiger partial charge in [-0.05, 0) is 45.1 Å². The van der Waals surface area contributed by atoms with Crippen LogP contribution in [0.15, 0.2) is 0 Å². The first-order valence-electron chi connectivity index (χ1n) is 19.4. The smallest absolute Gasteiger partial charge is 0.243 e. The largest absolute Gasteiger partial charge is 0.354 e. The van der Waals surface area contributed by atoms with Gasteiger partial charge in [0.25, 0.3) is 0 Å². The van der Waals surface area contributed by atoms with Gasteiger partial charge < -0.3 is 11.1 Å². The molecule has 260 valence electrons. The number of hydrogen-bond donors (Lipinski definition) is 2. The highest BCUT2D eigenvalue weighted by atomic mass is 16.2. The minimum Gasteiger partial charge on any atom is -0.354 e. The Bertz CT molecular complexity index is 636.